The normalized spacial score (nSPS) is 12.7. The van der Waals surface area contributed by atoms with Crippen molar-refractivity contribution in [2.45, 2.75) is 65.5 Å². The first kappa shape index (κ1) is 29.2. The van der Waals surface area contributed by atoms with E-state index in [-0.39, 0.29) is 11.8 Å². The molecule has 0 aliphatic rings. The van der Waals surface area contributed by atoms with Gasteiger partial charge in [-0.2, -0.15) is 0 Å². The van der Waals surface area contributed by atoms with E-state index in [1.807, 2.05) is 18.2 Å². The molecule has 0 unspecified atom stereocenters. The quantitative estimate of drug-likeness (QED) is 0.354. The summed E-state index contributed by atoms with van der Waals surface area (Å²) in [5.74, 6) is 0.679. The second-order valence-corrected chi connectivity index (χ2v) is 10.6. The van der Waals surface area contributed by atoms with Crippen LogP contribution in [-0.2, 0) is 16.0 Å². The third kappa shape index (κ3) is 11.2. The van der Waals surface area contributed by atoms with Crippen molar-refractivity contribution >= 4 is 41.0 Å². The maximum atomic E-state index is 12.3. The molecule has 0 saturated heterocycles. The minimum absolute atomic E-state index is 0.196. The number of carbonyl (C=O) groups excluding carboxylic acids is 1. The van der Waals surface area contributed by atoms with Crippen molar-refractivity contribution in [1.29, 1.82) is 0 Å². The predicted octanol–water partition coefficient (Wildman–Crippen LogP) is 5.31. The third-order valence-electron chi connectivity index (χ3n) is 4.95. The molecule has 33 heavy (non-hydrogen) atoms. The number of carbonyl (C=O) groups is 2. The average molecular weight is 505 g/mol. The van der Waals surface area contributed by atoms with Crippen LogP contribution in [0.25, 0.3) is 0 Å². The average Bonchev–Trinajstić information content (AvgIpc) is 2.64. The van der Waals surface area contributed by atoms with Gasteiger partial charge in [0, 0.05) is 36.6 Å². The van der Waals surface area contributed by atoms with Crippen molar-refractivity contribution in [1.82, 2.24) is 5.32 Å². The number of hydrogen-bond donors (Lipinski definition) is 2. The van der Waals surface area contributed by atoms with E-state index < -0.39 is 23.7 Å². The number of carboxylic acids is 1. The molecule has 1 aromatic rings. The van der Waals surface area contributed by atoms with Gasteiger partial charge in [-0.1, -0.05) is 13.8 Å². The molecule has 0 bridgehead atoms. The Morgan fingerprint density at radius 3 is 2.21 bits per heavy atom. The Bertz CT molecular complexity index is 775. The number of hydrogen-bond acceptors (Lipinski definition) is 5. The molecule has 1 amide bonds. The van der Waals surface area contributed by atoms with Crippen LogP contribution in [0.1, 0.15) is 53.0 Å². The van der Waals surface area contributed by atoms with Crippen LogP contribution in [0.2, 0.25) is 0 Å². The van der Waals surface area contributed by atoms with Crippen molar-refractivity contribution in [2.75, 3.05) is 36.9 Å². The number of benzene rings is 1. The fraction of sp³-hybridized carbons (Fsp3) is 0.667. The summed E-state index contributed by atoms with van der Waals surface area (Å²) < 4.78 is 10.8. The van der Waals surface area contributed by atoms with Crippen LogP contribution in [0, 0.1) is 5.41 Å². The number of aliphatic carboxylic acids is 1. The molecular formula is C24H38Cl2N2O5. The van der Waals surface area contributed by atoms with Gasteiger partial charge < -0.3 is 24.8 Å². The van der Waals surface area contributed by atoms with E-state index in [4.69, 9.17) is 32.7 Å². The summed E-state index contributed by atoms with van der Waals surface area (Å²) in [6, 6.07) is 5.30. The van der Waals surface area contributed by atoms with Gasteiger partial charge in [0.05, 0.1) is 13.5 Å². The number of nitrogens with zero attached hydrogens (tertiary/aromatic N) is 1. The lowest BCUT2D eigenvalue weighted by molar-refractivity contribution is -0.137. The van der Waals surface area contributed by atoms with E-state index in [1.165, 1.54) is 0 Å². The largest absolute Gasteiger partial charge is 0.497 e. The first-order chi connectivity index (χ1) is 15.3. The molecule has 0 saturated carbocycles. The standard InChI is InChI=1S/C24H38Cl2N2O5/c1-23(2,3)33-22(31)27-18(14-21(29)30)16-24(4,5)15-17-13-19(32-6)7-8-20(17)28(11-9-25)12-10-26/h7-8,13,18H,9-12,14-16H2,1-6H3,(H,27,31)(H,29,30)/t18-/m1/s1. The highest BCUT2D eigenvalue weighted by Gasteiger charge is 2.29. The van der Waals surface area contributed by atoms with Crippen molar-refractivity contribution in [3.05, 3.63) is 23.8 Å². The molecule has 7 nitrogen and oxygen atoms in total. The molecule has 1 atom stereocenters. The van der Waals surface area contributed by atoms with Gasteiger partial charge in [-0.3, -0.25) is 4.79 Å². The number of alkyl carbamates (subject to hydrolysis) is 1. The smallest absolute Gasteiger partial charge is 0.407 e. The summed E-state index contributed by atoms with van der Waals surface area (Å²) in [4.78, 5) is 25.9. The maximum absolute atomic E-state index is 12.3. The van der Waals surface area contributed by atoms with Gasteiger partial charge >= 0.3 is 12.1 Å². The number of nitrogens with one attached hydrogen (secondary N) is 1. The van der Waals surface area contributed by atoms with E-state index in [2.05, 4.69) is 24.1 Å². The zero-order valence-corrected chi connectivity index (χ0v) is 22.1. The van der Waals surface area contributed by atoms with Crippen LogP contribution < -0.4 is 15.0 Å². The van der Waals surface area contributed by atoms with Crippen LogP contribution in [0.3, 0.4) is 0 Å². The number of alkyl halides is 2. The Kier molecular flexibility index (Phi) is 11.6. The van der Waals surface area contributed by atoms with Crippen LogP contribution in [0.15, 0.2) is 18.2 Å². The van der Waals surface area contributed by atoms with E-state index in [0.717, 1.165) is 17.0 Å². The van der Waals surface area contributed by atoms with Gasteiger partial charge in [-0.15, -0.1) is 23.2 Å². The lowest BCUT2D eigenvalue weighted by Gasteiger charge is -2.33. The van der Waals surface area contributed by atoms with Crippen molar-refractivity contribution < 1.29 is 24.2 Å². The molecule has 1 aromatic carbocycles. The number of carboxylic acid groups (broad SMARTS) is 1. The highest BCUT2D eigenvalue weighted by Crippen LogP contribution is 2.35. The summed E-state index contributed by atoms with van der Waals surface area (Å²) in [7, 11) is 1.62. The Morgan fingerprint density at radius 2 is 1.73 bits per heavy atom. The Labute approximate surface area is 207 Å². The molecule has 0 spiro atoms. The zero-order valence-electron chi connectivity index (χ0n) is 20.5. The Balaban J connectivity index is 3.15. The van der Waals surface area contributed by atoms with Gasteiger partial charge in [0.2, 0.25) is 0 Å². The van der Waals surface area contributed by atoms with E-state index in [0.29, 0.717) is 37.7 Å². The highest BCUT2D eigenvalue weighted by molar-refractivity contribution is 6.18. The van der Waals surface area contributed by atoms with Crippen LogP contribution in [0.5, 0.6) is 5.75 Å². The van der Waals surface area contributed by atoms with Crippen LogP contribution in [-0.4, -0.2) is 60.8 Å². The molecule has 0 aliphatic carbocycles. The van der Waals surface area contributed by atoms with Gasteiger partial charge in [-0.25, -0.2) is 4.79 Å². The minimum atomic E-state index is -0.982. The Morgan fingerprint density at radius 1 is 1.12 bits per heavy atom. The van der Waals surface area contributed by atoms with Gasteiger partial charge in [0.15, 0.2) is 0 Å². The summed E-state index contributed by atoms with van der Waals surface area (Å²) >= 11 is 12.0. The van der Waals surface area contributed by atoms with Gasteiger partial charge in [-0.05, 0) is 62.8 Å². The maximum Gasteiger partial charge on any atom is 0.407 e. The first-order valence-corrected chi connectivity index (χ1v) is 12.1. The molecule has 0 radical (unpaired) electrons. The number of amides is 1. The second-order valence-electron chi connectivity index (χ2n) is 9.85. The number of ether oxygens (including phenoxy) is 2. The molecule has 0 aliphatic heterocycles. The molecule has 0 heterocycles. The summed E-state index contributed by atoms with van der Waals surface area (Å²) in [6.45, 7) is 10.7. The lowest BCUT2D eigenvalue weighted by atomic mass is 9.79. The van der Waals surface area contributed by atoms with E-state index in [1.54, 1.807) is 27.9 Å². The monoisotopic (exact) mass is 504 g/mol. The molecule has 1 rings (SSSR count). The number of rotatable bonds is 13. The van der Waals surface area contributed by atoms with Crippen molar-refractivity contribution in [3.8, 4) is 5.75 Å². The zero-order chi connectivity index (χ0) is 25.2. The highest BCUT2D eigenvalue weighted by atomic mass is 35.5. The van der Waals surface area contributed by atoms with Crippen molar-refractivity contribution in [2.24, 2.45) is 5.41 Å². The predicted molar refractivity (Wildman–Crippen MR) is 134 cm³/mol. The topological polar surface area (TPSA) is 88.1 Å². The summed E-state index contributed by atoms with van der Waals surface area (Å²) in [5.41, 5.74) is 1.04. The molecule has 9 heteroatoms. The van der Waals surface area contributed by atoms with Gasteiger partial charge in [0.1, 0.15) is 11.4 Å². The second kappa shape index (κ2) is 13.1. The minimum Gasteiger partial charge on any atom is -0.497 e. The first-order valence-electron chi connectivity index (χ1n) is 11.1. The lowest BCUT2D eigenvalue weighted by Crippen LogP contribution is -2.42. The van der Waals surface area contributed by atoms with E-state index >= 15 is 0 Å². The van der Waals surface area contributed by atoms with Gasteiger partial charge in [0.25, 0.3) is 0 Å². The fourth-order valence-electron chi connectivity index (χ4n) is 3.81. The van der Waals surface area contributed by atoms with Crippen LogP contribution >= 0.6 is 23.2 Å². The van der Waals surface area contributed by atoms with E-state index in [9.17, 15) is 14.7 Å². The summed E-state index contributed by atoms with van der Waals surface area (Å²) in [6.07, 6.45) is 0.257. The van der Waals surface area contributed by atoms with Crippen LogP contribution in [0.4, 0.5) is 10.5 Å². The molecule has 0 aromatic heterocycles. The molecule has 0 fully saturated rings. The molecule has 188 valence electrons. The Hall–Kier alpha value is -1.86. The van der Waals surface area contributed by atoms with Crippen molar-refractivity contribution in [3.63, 3.8) is 0 Å². The number of anilines is 1. The number of methoxy groups -OCH3 is 1. The SMILES string of the molecule is COc1ccc(N(CCCl)CCCl)c(CC(C)(C)C[C@@H](CC(=O)O)NC(=O)OC(C)(C)C)c1. The third-order valence-corrected chi connectivity index (χ3v) is 5.28. The molecule has 2 N–H and O–H groups in total. The summed E-state index contributed by atoms with van der Waals surface area (Å²) in [5, 5.41) is 12.1. The fourth-order valence-corrected chi connectivity index (χ4v) is 4.22. The number of halogens is 2. The molecular weight excluding hydrogens is 467 g/mol.